The number of carbonyl (C=O) groups is 1. The van der Waals surface area contributed by atoms with Crippen LogP contribution in [0.3, 0.4) is 0 Å². The minimum absolute atomic E-state index is 0.00779. The molecule has 0 aliphatic heterocycles. The molecule has 0 aromatic heterocycles. The Balaban J connectivity index is 2.66. The summed E-state index contributed by atoms with van der Waals surface area (Å²) in [5.74, 6) is -1.11. The van der Waals surface area contributed by atoms with Gasteiger partial charge in [0, 0.05) is 6.08 Å². The number of benzene rings is 1. The first-order valence-electron chi connectivity index (χ1n) is 4.78. The predicted molar refractivity (Wildman–Crippen MR) is 61.2 cm³/mol. The number of hydrogen-bond acceptors (Lipinski definition) is 2. The zero-order valence-electron chi connectivity index (χ0n) is 8.87. The molecule has 0 heterocycles. The van der Waals surface area contributed by atoms with Crippen molar-refractivity contribution in [2.24, 2.45) is 0 Å². The van der Waals surface area contributed by atoms with Gasteiger partial charge >= 0.3 is 0 Å². The van der Waals surface area contributed by atoms with Gasteiger partial charge in [0.1, 0.15) is 13.7 Å². The van der Waals surface area contributed by atoms with E-state index < -0.39 is 11.7 Å². The fourth-order valence-electron chi connectivity index (χ4n) is 1.03. The molecule has 0 saturated carbocycles. The molecular formula is C11H11BFNO2. The minimum Gasteiger partial charge on any atom is -0.501 e. The van der Waals surface area contributed by atoms with Gasteiger partial charge in [0.05, 0.1) is 18.6 Å². The molecule has 0 aliphatic carbocycles. The highest BCUT2D eigenvalue weighted by atomic mass is 19.1. The van der Waals surface area contributed by atoms with Gasteiger partial charge in [-0.2, -0.15) is 0 Å². The van der Waals surface area contributed by atoms with Gasteiger partial charge in [-0.15, -0.1) is 0 Å². The van der Waals surface area contributed by atoms with Gasteiger partial charge in [-0.3, -0.25) is 4.79 Å². The number of rotatable bonds is 4. The largest absolute Gasteiger partial charge is 0.501 e. The lowest BCUT2D eigenvalue weighted by molar-refractivity contribution is -0.112. The van der Waals surface area contributed by atoms with Crippen molar-refractivity contribution in [3.8, 4) is 0 Å². The lowest BCUT2D eigenvalue weighted by Gasteiger charge is -2.05. The van der Waals surface area contributed by atoms with Gasteiger partial charge in [0.15, 0.2) is 0 Å². The SMILES string of the molecule is [B]c1cccc(NC(=O)/C=C/OCC)c1F. The molecule has 82 valence electrons. The van der Waals surface area contributed by atoms with Crippen LogP contribution in [0.4, 0.5) is 10.1 Å². The van der Waals surface area contributed by atoms with E-state index in [1.165, 1.54) is 24.5 Å². The van der Waals surface area contributed by atoms with Crippen LogP contribution in [0.15, 0.2) is 30.5 Å². The minimum atomic E-state index is -0.638. The molecule has 1 rings (SSSR count). The fourth-order valence-corrected chi connectivity index (χ4v) is 1.03. The van der Waals surface area contributed by atoms with E-state index in [1.807, 2.05) is 0 Å². The number of anilines is 1. The quantitative estimate of drug-likeness (QED) is 0.468. The average Bonchev–Trinajstić information content (AvgIpc) is 2.25. The normalized spacial score (nSPS) is 10.4. The van der Waals surface area contributed by atoms with Crippen LogP contribution in [0.25, 0.3) is 0 Å². The van der Waals surface area contributed by atoms with E-state index in [9.17, 15) is 9.18 Å². The third-order valence-electron chi connectivity index (χ3n) is 1.77. The van der Waals surface area contributed by atoms with Crippen molar-refractivity contribution in [2.75, 3.05) is 11.9 Å². The Morgan fingerprint density at radius 2 is 2.38 bits per heavy atom. The summed E-state index contributed by atoms with van der Waals surface area (Å²) in [6, 6.07) is 4.40. The molecule has 5 heteroatoms. The standard InChI is InChI=1S/C11H11BFNO2/c1-2-16-7-6-10(15)14-9-5-3-4-8(12)11(9)13/h3-7H,2H2,1H3,(H,14,15)/b7-6+. The molecule has 1 aromatic carbocycles. The summed E-state index contributed by atoms with van der Waals surface area (Å²) >= 11 is 0. The number of ether oxygens (including phenoxy) is 1. The van der Waals surface area contributed by atoms with Crippen LogP contribution >= 0.6 is 0 Å². The van der Waals surface area contributed by atoms with Crippen molar-refractivity contribution >= 4 is 24.9 Å². The highest BCUT2D eigenvalue weighted by Crippen LogP contribution is 2.10. The third kappa shape index (κ3) is 3.42. The van der Waals surface area contributed by atoms with Crippen LogP contribution in [0, 0.1) is 5.82 Å². The summed E-state index contributed by atoms with van der Waals surface area (Å²) in [5.41, 5.74) is 0.0396. The predicted octanol–water partition coefficient (Wildman–Crippen LogP) is 1.11. The van der Waals surface area contributed by atoms with Crippen molar-refractivity contribution in [2.45, 2.75) is 6.92 Å². The Bertz CT molecular complexity index is 407. The van der Waals surface area contributed by atoms with Crippen LogP contribution in [-0.4, -0.2) is 20.4 Å². The smallest absolute Gasteiger partial charge is 0.251 e. The molecule has 16 heavy (non-hydrogen) atoms. The Labute approximate surface area is 94.7 Å². The van der Waals surface area contributed by atoms with Gasteiger partial charge in [-0.1, -0.05) is 17.6 Å². The zero-order chi connectivity index (χ0) is 12.0. The summed E-state index contributed by atoms with van der Waals surface area (Å²) in [6.45, 7) is 2.26. The number of hydrogen-bond donors (Lipinski definition) is 1. The Kier molecular flexibility index (Phi) is 4.57. The maximum Gasteiger partial charge on any atom is 0.251 e. The molecule has 0 unspecified atom stereocenters. The van der Waals surface area contributed by atoms with E-state index in [0.29, 0.717) is 6.61 Å². The maximum absolute atomic E-state index is 13.4. The highest BCUT2D eigenvalue weighted by molar-refractivity contribution is 6.32. The first kappa shape index (κ1) is 12.3. The molecule has 1 aromatic rings. The summed E-state index contributed by atoms with van der Waals surface area (Å²) in [7, 11) is 5.35. The molecule has 0 atom stereocenters. The monoisotopic (exact) mass is 219 g/mol. The summed E-state index contributed by atoms with van der Waals surface area (Å²) in [4.78, 5) is 11.3. The molecule has 0 fully saturated rings. The molecule has 0 bridgehead atoms. The van der Waals surface area contributed by atoms with E-state index >= 15 is 0 Å². The number of carbonyl (C=O) groups excluding carboxylic acids is 1. The van der Waals surface area contributed by atoms with Crippen LogP contribution in [0.1, 0.15) is 6.92 Å². The first-order valence-corrected chi connectivity index (χ1v) is 4.78. The van der Waals surface area contributed by atoms with Crippen LogP contribution in [-0.2, 0) is 9.53 Å². The van der Waals surface area contributed by atoms with Gasteiger partial charge in [-0.25, -0.2) is 4.39 Å². The van der Waals surface area contributed by atoms with Gasteiger partial charge in [0.25, 0.3) is 5.91 Å². The van der Waals surface area contributed by atoms with Gasteiger partial charge < -0.3 is 10.1 Å². The molecule has 2 radical (unpaired) electrons. The van der Waals surface area contributed by atoms with Gasteiger partial charge in [-0.05, 0) is 13.0 Å². The average molecular weight is 219 g/mol. The second kappa shape index (κ2) is 5.95. The molecule has 0 saturated heterocycles. The first-order chi connectivity index (χ1) is 7.65. The second-order valence-corrected chi connectivity index (χ2v) is 2.96. The van der Waals surface area contributed by atoms with E-state index in [0.717, 1.165) is 0 Å². The van der Waals surface area contributed by atoms with Gasteiger partial charge in [0.2, 0.25) is 0 Å². The van der Waals surface area contributed by atoms with E-state index in [4.69, 9.17) is 12.6 Å². The zero-order valence-corrected chi connectivity index (χ0v) is 8.87. The molecule has 1 N–H and O–H groups in total. The molecule has 1 amide bonds. The van der Waals surface area contributed by atoms with Crippen molar-refractivity contribution in [1.82, 2.24) is 0 Å². The topological polar surface area (TPSA) is 38.3 Å². The Morgan fingerprint density at radius 1 is 1.62 bits per heavy atom. The van der Waals surface area contributed by atoms with Crippen LogP contribution in [0.2, 0.25) is 0 Å². The summed E-state index contributed by atoms with van der Waals surface area (Å²) in [6.07, 6.45) is 2.42. The van der Waals surface area contributed by atoms with Crippen molar-refractivity contribution in [3.63, 3.8) is 0 Å². The lowest BCUT2D eigenvalue weighted by atomic mass is 9.95. The molecule has 0 spiro atoms. The van der Waals surface area contributed by atoms with Crippen molar-refractivity contribution in [3.05, 3.63) is 36.4 Å². The van der Waals surface area contributed by atoms with E-state index in [-0.39, 0.29) is 11.2 Å². The summed E-state index contributed by atoms with van der Waals surface area (Å²) < 4.78 is 18.2. The fraction of sp³-hybridized carbons (Fsp3) is 0.182. The van der Waals surface area contributed by atoms with E-state index in [1.54, 1.807) is 13.0 Å². The van der Waals surface area contributed by atoms with Crippen LogP contribution < -0.4 is 10.8 Å². The van der Waals surface area contributed by atoms with Crippen molar-refractivity contribution in [1.29, 1.82) is 0 Å². The molecular weight excluding hydrogens is 208 g/mol. The number of nitrogens with one attached hydrogen (secondary N) is 1. The number of amides is 1. The van der Waals surface area contributed by atoms with Crippen LogP contribution in [0.5, 0.6) is 0 Å². The maximum atomic E-state index is 13.4. The lowest BCUT2D eigenvalue weighted by Crippen LogP contribution is -2.15. The highest BCUT2D eigenvalue weighted by Gasteiger charge is 2.05. The Hall–Kier alpha value is -1.78. The molecule has 0 aliphatic rings. The Morgan fingerprint density at radius 3 is 3.06 bits per heavy atom. The van der Waals surface area contributed by atoms with E-state index in [2.05, 4.69) is 5.32 Å². The second-order valence-electron chi connectivity index (χ2n) is 2.96. The van der Waals surface area contributed by atoms with Crippen molar-refractivity contribution < 1.29 is 13.9 Å². The summed E-state index contributed by atoms with van der Waals surface area (Å²) in [5, 5.41) is 2.35. The third-order valence-corrected chi connectivity index (χ3v) is 1.77. The number of halogens is 1. The molecule has 3 nitrogen and oxygen atoms in total.